The number of carbonyl (C=O) groups excluding carboxylic acids is 1. The molecule has 3 aromatic rings. The van der Waals surface area contributed by atoms with Gasteiger partial charge in [-0.05, 0) is 29.7 Å². The summed E-state index contributed by atoms with van der Waals surface area (Å²) >= 11 is 0. The van der Waals surface area contributed by atoms with Crippen molar-refractivity contribution in [3.05, 3.63) is 53.7 Å². The lowest BCUT2D eigenvalue weighted by atomic mass is 10.0. The third-order valence-electron chi connectivity index (χ3n) is 5.40. The van der Waals surface area contributed by atoms with Gasteiger partial charge in [-0.1, -0.05) is 49.3 Å². The van der Waals surface area contributed by atoms with Gasteiger partial charge in [-0.3, -0.25) is 0 Å². The quantitative estimate of drug-likeness (QED) is 0.694. The molecule has 1 aliphatic heterocycles. The fourth-order valence-electron chi connectivity index (χ4n) is 3.85. The average Bonchev–Trinajstić information content (AvgIpc) is 3.40. The monoisotopic (exact) mass is 394 g/mol. The van der Waals surface area contributed by atoms with E-state index in [1.54, 1.807) is 12.0 Å². The first-order chi connectivity index (χ1) is 14.1. The standard InChI is InChI=1S/C22H26N4O3/c1-14(2)21-24-20(25-29-21)18-9-6-12-26(18)22(27)23-13-17-16-8-5-4-7-15(16)10-11-19(17)28-3/h4-5,7-8,10-11,14,18H,6,9,12-13H2,1-3H3,(H,23,27). The number of rotatable bonds is 5. The summed E-state index contributed by atoms with van der Waals surface area (Å²) in [5.74, 6) is 2.12. The minimum absolute atomic E-state index is 0.126. The van der Waals surface area contributed by atoms with E-state index in [0.717, 1.165) is 34.9 Å². The van der Waals surface area contributed by atoms with E-state index >= 15 is 0 Å². The molecule has 7 nitrogen and oxygen atoms in total. The van der Waals surface area contributed by atoms with Crippen LogP contribution in [0.5, 0.6) is 5.75 Å². The van der Waals surface area contributed by atoms with Crippen molar-refractivity contribution >= 4 is 16.8 Å². The van der Waals surface area contributed by atoms with E-state index in [9.17, 15) is 4.79 Å². The van der Waals surface area contributed by atoms with Crippen molar-refractivity contribution in [2.75, 3.05) is 13.7 Å². The number of fused-ring (bicyclic) bond motifs is 1. The number of carbonyl (C=O) groups is 1. The molecule has 1 atom stereocenters. The highest BCUT2D eigenvalue weighted by atomic mass is 16.5. The van der Waals surface area contributed by atoms with Crippen LogP contribution in [-0.2, 0) is 6.54 Å². The van der Waals surface area contributed by atoms with E-state index in [4.69, 9.17) is 9.26 Å². The van der Waals surface area contributed by atoms with Gasteiger partial charge in [0, 0.05) is 24.6 Å². The predicted molar refractivity (Wildman–Crippen MR) is 110 cm³/mol. The van der Waals surface area contributed by atoms with Crippen molar-refractivity contribution in [3.8, 4) is 5.75 Å². The van der Waals surface area contributed by atoms with Gasteiger partial charge in [-0.2, -0.15) is 4.98 Å². The number of likely N-dealkylation sites (tertiary alicyclic amines) is 1. The summed E-state index contributed by atoms with van der Waals surface area (Å²) in [7, 11) is 1.65. The maximum Gasteiger partial charge on any atom is 0.318 e. The third kappa shape index (κ3) is 3.77. The lowest BCUT2D eigenvalue weighted by molar-refractivity contribution is 0.189. The molecular weight excluding hydrogens is 368 g/mol. The molecule has 2 heterocycles. The molecule has 2 aromatic carbocycles. The number of urea groups is 1. The molecule has 4 rings (SSSR count). The Hall–Kier alpha value is -3.09. The predicted octanol–water partition coefficient (Wildman–Crippen LogP) is 4.40. The summed E-state index contributed by atoms with van der Waals surface area (Å²) in [4.78, 5) is 19.3. The van der Waals surface area contributed by atoms with Crippen molar-refractivity contribution in [2.24, 2.45) is 0 Å². The summed E-state index contributed by atoms with van der Waals surface area (Å²) in [6, 6.07) is 11.8. The van der Waals surface area contributed by atoms with Crippen LogP contribution in [0, 0.1) is 0 Å². The molecule has 0 saturated carbocycles. The van der Waals surface area contributed by atoms with Gasteiger partial charge in [-0.15, -0.1) is 0 Å². The van der Waals surface area contributed by atoms with Gasteiger partial charge >= 0.3 is 6.03 Å². The molecule has 0 radical (unpaired) electrons. The highest BCUT2D eigenvalue weighted by Crippen LogP contribution is 2.32. The average molecular weight is 394 g/mol. The summed E-state index contributed by atoms with van der Waals surface area (Å²) in [5.41, 5.74) is 0.969. The van der Waals surface area contributed by atoms with Crippen molar-refractivity contribution in [3.63, 3.8) is 0 Å². The molecule has 2 amide bonds. The minimum atomic E-state index is -0.152. The Morgan fingerprint density at radius 2 is 2.14 bits per heavy atom. The molecule has 0 spiro atoms. The minimum Gasteiger partial charge on any atom is -0.496 e. The molecule has 0 aliphatic carbocycles. The van der Waals surface area contributed by atoms with Gasteiger partial charge in [0.05, 0.1) is 13.2 Å². The molecule has 1 fully saturated rings. The molecule has 29 heavy (non-hydrogen) atoms. The Kier molecular flexibility index (Phi) is 5.38. The summed E-state index contributed by atoms with van der Waals surface area (Å²) in [5, 5.41) is 9.36. The number of hydrogen-bond acceptors (Lipinski definition) is 5. The Morgan fingerprint density at radius 3 is 2.90 bits per heavy atom. The summed E-state index contributed by atoms with van der Waals surface area (Å²) in [6.45, 7) is 5.08. The van der Waals surface area contributed by atoms with Gasteiger partial charge in [0.2, 0.25) is 5.89 Å². The number of benzene rings is 2. The van der Waals surface area contributed by atoms with Crippen molar-refractivity contribution in [2.45, 2.75) is 45.2 Å². The Labute approximate surface area is 170 Å². The molecule has 0 bridgehead atoms. The van der Waals surface area contributed by atoms with E-state index in [1.165, 1.54) is 0 Å². The molecule has 1 N–H and O–H groups in total. The van der Waals surface area contributed by atoms with Crippen LogP contribution in [0.15, 0.2) is 40.9 Å². The number of amides is 2. The number of ether oxygens (including phenoxy) is 1. The van der Waals surface area contributed by atoms with E-state index in [2.05, 4.69) is 21.5 Å². The molecule has 1 unspecified atom stereocenters. The van der Waals surface area contributed by atoms with Gasteiger partial charge in [0.15, 0.2) is 5.82 Å². The SMILES string of the molecule is COc1ccc2ccccc2c1CNC(=O)N1CCCC1c1noc(C(C)C)n1. The van der Waals surface area contributed by atoms with Gasteiger partial charge in [0.25, 0.3) is 0 Å². The maximum atomic E-state index is 13.0. The molecule has 7 heteroatoms. The normalized spacial score (nSPS) is 16.6. The smallest absolute Gasteiger partial charge is 0.318 e. The number of hydrogen-bond donors (Lipinski definition) is 1. The van der Waals surface area contributed by atoms with Gasteiger partial charge < -0.3 is 19.5 Å². The lowest BCUT2D eigenvalue weighted by Gasteiger charge is -2.23. The van der Waals surface area contributed by atoms with Gasteiger partial charge in [0.1, 0.15) is 5.75 Å². The number of nitrogens with zero attached hydrogens (tertiary/aromatic N) is 3. The zero-order valence-electron chi connectivity index (χ0n) is 17.0. The first-order valence-corrected chi connectivity index (χ1v) is 10.0. The van der Waals surface area contributed by atoms with E-state index in [-0.39, 0.29) is 18.0 Å². The van der Waals surface area contributed by atoms with Crippen LogP contribution < -0.4 is 10.1 Å². The second kappa shape index (κ2) is 8.11. The van der Waals surface area contributed by atoms with Crippen LogP contribution in [-0.4, -0.2) is 34.7 Å². The first-order valence-electron chi connectivity index (χ1n) is 10.0. The Morgan fingerprint density at radius 1 is 1.31 bits per heavy atom. The number of methoxy groups -OCH3 is 1. The van der Waals surface area contributed by atoms with E-state index in [1.807, 2.05) is 44.2 Å². The molecule has 1 aliphatic rings. The molecule has 1 saturated heterocycles. The molecule has 1 aromatic heterocycles. The van der Waals surface area contributed by atoms with Gasteiger partial charge in [-0.25, -0.2) is 4.79 Å². The Balaban J connectivity index is 1.51. The van der Waals surface area contributed by atoms with Crippen molar-refractivity contribution in [1.29, 1.82) is 0 Å². The third-order valence-corrected chi connectivity index (χ3v) is 5.40. The highest BCUT2D eigenvalue weighted by molar-refractivity contribution is 5.88. The fourth-order valence-corrected chi connectivity index (χ4v) is 3.85. The van der Waals surface area contributed by atoms with Crippen molar-refractivity contribution in [1.82, 2.24) is 20.4 Å². The maximum absolute atomic E-state index is 13.0. The lowest BCUT2D eigenvalue weighted by Crippen LogP contribution is -2.39. The second-order valence-electron chi connectivity index (χ2n) is 7.62. The highest BCUT2D eigenvalue weighted by Gasteiger charge is 2.33. The zero-order chi connectivity index (χ0) is 20.4. The van der Waals surface area contributed by atoms with Crippen LogP contribution in [0.1, 0.15) is 55.9 Å². The topological polar surface area (TPSA) is 80.5 Å². The largest absolute Gasteiger partial charge is 0.496 e. The summed E-state index contributed by atoms with van der Waals surface area (Å²) < 4.78 is 10.9. The molecular formula is C22H26N4O3. The van der Waals surface area contributed by atoms with E-state index in [0.29, 0.717) is 24.8 Å². The van der Waals surface area contributed by atoms with Crippen molar-refractivity contribution < 1.29 is 14.1 Å². The van der Waals surface area contributed by atoms with E-state index < -0.39 is 0 Å². The fraction of sp³-hybridized carbons (Fsp3) is 0.409. The van der Waals surface area contributed by atoms with Crippen LogP contribution in [0.2, 0.25) is 0 Å². The molecule has 152 valence electrons. The second-order valence-corrected chi connectivity index (χ2v) is 7.62. The zero-order valence-corrected chi connectivity index (χ0v) is 17.0. The summed E-state index contributed by atoms with van der Waals surface area (Å²) in [6.07, 6.45) is 1.75. The Bertz CT molecular complexity index is 1010. The van der Waals surface area contributed by atoms with Crippen LogP contribution in [0.3, 0.4) is 0 Å². The number of nitrogens with one attached hydrogen (secondary N) is 1. The van der Waals surface area contributed by atoms with Crippen LogP contribution in [0.25, 0.3) is 10.8 Å². The first kappa shape index (κ1) is 19.2. The van der Waals surface area contributed by atoms with Crippen LogP contribution in [0.4, 0.5) is 4.79 Å². The van der Waals surface area contributed by atoms with Crippen LogP contribution >= 0.6 is 0 Å². The number of aromatic nitrogens is 2.